The van der Waals surface area contributed by atoms with Gasteiger partial charge in [0.1, 0.15) is 22.8 Å². The van der Waals surface area contributed by atoms with Crippen LogP contribution in [0.15, 0.2) is 65.3 Å². The van der Waals surface area contributed by atoms with Crippen molar-refractivity contribution < 1.29 is 18.7 Å². The number of benzene rings is 2. The first kappa shape index (κ1) is 20.3. The van der Waals surface area contributed by atoms with E-state index in [1.165, 1.54) is 11.3 Å². The maximum atomic E-state index is 13.1. The molecule has 0 fully saturated rings. The Labute approximate surface area is 182 Å². The van der Waals surface area contributed by atoms with E-state index in [4.69, 9.17) is 25.5 Å². The van der Waals surface area contributed by atoms with Gasteiger partial charge in [0, 0.05) is 5.02 Å². The van der Waals surface area contributed by atoms with Gasteiger partial charge in [0.25, 0.3) is 5.91 Å². The molecule has 0 aliphatic rings. The van der Waals surface area contributed by atoms with E-state index in [0.717, 1.165) is 10.2 Å². The molecule has 2 aromatic heterocycles. The summed E-state index contributed by atoms with van der Waals surface area (Å²) >= 11 is 7.32. The Balaban J connectivity index is 1.60. The number of nitrogens with zero attached hydrogens (tertiary/aromatic N) is 2. The van der Waals surface area contributed by atoms with Crippen molar-refractivity contribution in [2.24, 2.45) is 0 Å². The van der Waals surface area contributed by atoms with Crippen molar-refractivity contribution in [1.82, 2.24) is 4.98 Å². The van der Waals surface area contributed by atoms with Crippen LogP contribution in [0.2, 0.25) is 5.02 Å². The fourth-order valence-corrected chi connectivity index (χ4v) is 4.00. The quantitative estimate of drug-likeness (QED) is 0.357. The minimum Gasteiger partial charge on any atom is -0.492 e. The van der Waals surface area contributed by atoms with Crippen LogP contribution in [0.3, 0.4) is 0 Å². The molecular weight excluding hydrogens is 424 g/mol. The van der Waals surface area contributed by atoms with E-state index in [0.29, 0.717) is 34.0 Å². The van der Waals surface area contributed by atoms with E-state index in [2.05, 4.69) is 4.98 Å². The molecular formula is C22H19ClN2O4S. The van der Waals surface area contributed by atoms with Crippen LogP contribution in [0.1, 0.15) is 12.7 Å². The number of carbonyl (C=O) groups excluding carboxylic acids is 1. The van der Waals surface area contributed by atoms with Crippen LogP contribution in [0.25, 0.3) is 10.2 Å². The van der Waals surface area contributed by atoms with Gasteiger partial charge < -0.3 is 13.9 Å². The lowest BCUT2D eigenvalue weighted by molar-refractivity contribution is -0.120. The van der Waals surface area contributed by atoms with Crippen molar-refractivity contribution in [3.63, 3.8) is 0 Å². The monoisotopic (exact) mass is 442 g/mol. The van der Waals surface area contributed by atoms with Crippen molar-refractivity contribution >= 4 is 44.2 Å². The molecule has 0 saturated heterocycles. The van der Waals surface area contributed by atoms with Crippen LogP contribution in [-0.2, 0) is 11.3 Å². The first-order chi connectivity index (χ1) is 14.6. The molecule has 0 spiro atoms. The van der Waals surface area contributed by atoms with Gasteiger partial charge in [0.05, 0.1) is 24.1 Å². The van der Waals surface area contributed by atoms with Crippen LogP contribution >= 0.6 is 22.9 Å². The summed E-state index contributed by atoms with van der Waals surface area (Å²) in [7, 11) is 0. The summed E-state index contributed by atoms with van der Waals surface area (Å²) in [6, 6.07) is 16.2. The van der Waals surface area contributed by atoms with Crippen LogP contribution in [0, 0.1) is 0 Å². The van der Waals surface area contributed by atoms with E-state index < -0.39 is 0 Å². The second-order valence-electron chi connectivity index (χ2n) is 6.33. The third-order valence-electron chi connectivity index (χ3n) is 4.27. The van der Waals surface area contributed by atoms with Gasteiger partial charge in [-0.25, -0.2) is 4.98 Å². The first-order valence-electron chi connectivity index (χ1n) is 9.37. The van der Waals surface area contributed by atoms with Crippen LogP contribution in [-0.4, -0.2) is 24.1 Å². The van der Waals surface area contributed by atoms with Crippen molar-refractivity contribution in [2.75, 3.05) is 18.1 Å². The number of halogens is 1. The zero-order valence-electron chi connectivity index (χ0n) is 16.2. The lowest BCUT2D eigenvalue weighted by Gasteiger charge is -2.19. The highest BCUT2D eigenvalue weighted by Gasteiger charge is 2.23. The number of thiazole rings is 1. The van der Waals surface area contributed by atoms with E-state index in [1.54, 1.807) is 41.5 Å². The highest BCUT2D eigenvalue weighted by Crippen LogP contribution is 2.35. The Morgan fingerprint density at radius 3 is 2.70 bits per heavy atom. The highest BCUT2D eigenvalue weighted by molar-refractivity contribution is 7.22. The van der Waals surface area contributed by atoms with Crippen LogP contribution in [0.4, 0.5) is 5.13 Å². The minimum atomic E-state index is -0.238. The molecule has 154 valence electrons. The van der Waals surface area contributed by atoms with Gasteiger partial charge in [-0.1, -0.05) is 29.0 Å². The molecule has 0 radical (unpaired) electrons. The molecule has 0 aliphatic carbocycles. The molecule has 6 nitrogen and oxygen atoms in total. The standard InChI is InChI=1S/C22H19ClN2O4S/c1-2-27-18-6-3-7-19-21(18)24-22(30-19)25(13-17-5-4-12-28-17)20(26)14-29-16-10-8-15(23)9-11-16/h3-12H,2,13-14H2,1H3. The molecule has 4 rings (SSSR count). The smallest absolute Gasteiger partial charge is 0.267 e. The molecule has 0 bridgehead atoms. The third kappa shape index (κ3) is 4.58. The lowest BCUT2D eigenvalue weighted by atomic mass is 10.3. The lowest BCUT2D eigenvalue weighted by Crippen LogP contribution is -2.34. The maximum absolute atomic E-state index is 13.1. The number of fused-ring (bicyclic) bond motifs is 1. The Morgan fingerprint density at radius 1 is 1.13 bits per heavy atom. The number of amides is 1. The summed E-state index contributed by atoms with van der Waals surface area (Å²) in [6.07, 6.45) is 1.58. The number of aromatic nitrogens is 1. The van der Waals surface area contributed by atoms with Crippen molar-refractivity contribution in [2.45, 2.75) is 13.5 Å². The molecule has 4 aromatic rings. The van der Waals surface area contributed by atoms with E-state index >= 15 is 0 Å². The molecule has 0 unspecified atom stereocenters. The summed E-state index contributed by atoms with van der Waals surface area (Å²) in [5.41, 5.74) is 0.732. The molecule has 2 heterocycles. The van der Waals surface area contributed by atoms with E-state index in [-0.39, 0.29) is 19.1 Å². The number of hydrogen-bond donors (Lipinski definition) is 0. The predicted octanol–water partition coefficient (Wildman–Crippen LogP) is 5.55. The van der Waals surface area contributed by atoms with E-state index in [9.17, 15) is 4.79 Å². The topological polar surface area (TPSA) is 64.8 Å². The first-order valence-corrected chi connectivity index (χ1v) is 10.6. The number of para-hydroxylation sites is 1. The Bertz CT molecular complexity index is 1130. The summed E-state index contributed by atoms with van der Waals surface area (Å²) in [4.78, 5) is 19.3. The molecule has 8 heteroatoms. The summed E-state index contributed by atoms with van der Waals surface area (Å²) in [5, 5.41) is 1.16. The number of rotatable bonds is 8. The number of hydrogen-bond acceptors (Lipinski definition) is 6. The SMILES string of the molecule is CCOc1cccc2sc(N(Cc3ccco3)C(=O)COc3ccc(Cl)cc3)nc12. The Kier molecular flexibility index (Phi) is 6.21. The van der Waals surface area contributed by atoms with Crippen LogP contribution < -0.4 is 14.4 Å². The number of anilines is 1. The highest BCUT2D eigenvalue weighted by atomic mass is 35.5. The number of ether oxygens (including phenoxy) is 2. The predicted molar refractivity (Wildman–Crippen MR) is 118 cm³/mol. The molecule has 0 N–H and O–H groups in total. The van der Waals surface area contributed by atoms with Gasteiger partial charge in [-0.15, -0.1) is 0 Å². The van der Waals surface area contributed by atoms with Gasteiger partial charge in [0.2, 0.25) is 0 Å². The number of carbonyl (C=O) groups is 1. The molecule has 30 heavy (non-hydrogen) atoms. The van der Waals surface area contributed by atoms with Crippen molar-refractivity contribution in [3.05, 3.63) is 71.6 Å². The fraction of sp³-hybridized carbons (Fsp3) is 0.182. The average Bonchev–Trinajstić information content (AvgIpc) is 3.41. The Morgan fingerprint density at radius 2 is 1.97 bits per heavy atom. The fourth-order valence-electron chi connectivity index (χ4n) is 2.87. The van der Waals surface area contributed by atoms with Gasteiger partial charge >= 0.3 is 0 Å². The zero-order chi connectivity index (χ0) is 20.9. The van der Waals surface area contributed by atoms with E-state index in [1.807, 2.05) is 31.2 Å². The van der Waals surface area contributed by atoms with Crippen molar-refractivity contribution in [3.8, 4) is 11.5 Å². The van der Waals surface area contributed by atoms with Crippen LogP contribution in [0.5, 0.6) is 11.5 Å². The average molecular weight is 443 g/mol. The maximum Gasteiger partial charge on any atom is 0.267 e. The molecule has 1 amide bonds. The molecule has 0 saturated carbocycles. The summed E-state index contributed by atoms with van der Waals surface area (Å²) < 4.78 is 17.7. The second-order valence-corrected chi connectivity index (χ2v) is 7.78. The normalized spacial score (nSPS) is 10.9. The zero-order valence-corrected chi connectivity index (χ0v) is 17.8. The minimum absolute atomic E-state index is 0.142. The Hall–Kier alpha value is -3.03. The van der Waals surface area contributed by atoms with Gasteiger partial charge in [-0.3, -0.25) is 9.69 Å². The second kappa shape index (κ2) is 9.19. The van der Waals surface area contributed by atoms with Gasteiger partial charge in [0.15, 0.2) is 11.7 Å². The third-order valence-corrected chi connectivity index (χ3v) is 5.57. The van der Waals surface area contributed by atoms with Gasteiger partial charge in [-0.05, 0) is 55.5 Å². The molecule has 0 aliphatic heterocycles. The summed E-state index contributed by atoms with van der Waals surface area (Å²) in [6.45, 7) is 2.57. The molecule has 2 aromatic carbocycles. The molecule has 0 atom stereocenters. The summed E-state index contributed by atoms with van der Waals surface area (Å²) in [5.74, 6) is 1.67. The largest absolute Gasteiger partial charge is 0.492 e. The van der Waals surface area contributed by atoms with Gasteiger partial charge in [-0.2, -0.15) is 0 Å². The van der Waals surface area contributed by atoms with Crippen molar-refractivity contribution in [1.29, 1.82) is 0 Å². The number of furan rings is 1.